The summed E-state index contributed by atoms with van der Waals surface area (Å²) >= 11 is 0. The maximum Gasteiger partial charge on any atom is 0.312 e. The predicted molar refractivity (Wildman–Crippen MR) is 61.4 cm³/mol. The van der Waals surface area contributed by atoms with Crippen molar-refractivity contribution in [2.24, 2.45) is 0 Å². The molecule has 0 aliphatic heterocycles. The molecule has 0 bridgehead atoms. The van der Waals surface area contributed by atoms with E-state index in [2.05, 4.69) is 10.2 Å². The summed E-state index contributed by atoms with van der Waals surface area (Å²) < 4.78 is 10.3. The molecule has 0 atom stereocenters. The van der Waals surface area contributed by atoms with Crippen molar-refractivity contribution in [3.8, 4) is 5.75 Å². The summed E-state index contributed by atoms with van der Waals surface area (Å²) in [7, 11) is 1.59. The number of methoxy groups -OCH3 is 1. The highest BCUT2D eigenvalue weighted by atomic mass is 16.5. The van der Waals surface area contributed by atoms with Gasteiger partial charge in [0.1, 0.15) is 12.2 Å². The summed E-state index contributed by atoms with van der Waals surface area (Å²) in [6, 6.07) is 7.47. The van der Waals surface area contributed by atoms with Gasteiger partial charge in [-0.3, -0.25) is 4.79 Å². The van der Waals surface area contributed by atoms with E-state index in [9.17, 15) is 4.79 Å². The highest BCUT2D eigenvalue weighted by Crippen LogP contribution is 2.15. The molecular weight excluding hydrogens is 236 g/mol. The summed E-state index contributed by atoms with van der Waals surface area (Å²) in [6.45, 7) is 0. The molecule has 0 spiro atoms. The summed E-state index contributed by atoms with van der Waals surface area (Å²) in [5, 5.41) is 16.1. The van der Waals surface area contributed by atoms with Crippen molar-refractivity contribution >= 4 is 5.97 Å². The van der Waals surface area contributed by atoms with Crippen LogP contribution in [0.25, 0.3) is 0 Å². The summed E-state index contributed by atoms with van der Waals surface area (Å²) in [5.41, 5.74) is 0.958. The molecule has 0 aliphatic carbocycles. The van der Waals surface area contributed by atoms with E-state index in [1.54, 1.807) is 7.11 Å². The van der Waals surface area contributed by atoms with Crippen LogP contribution in [0.2, 0.25) is 0 Å². The Morgan fingerprint density at radius 2 is 2.17 bits per heavy atom. The quantitative estimate of drug-likeness (QED) is 0.858. The van der Waals surface area contributed by atoms with Crippen LogP contribution in [0.1, 0.15) is 17.3 Å². The van der Waals surface area contributed by atoms with E-state index >= 15 is 0 Å². The normalized spacial score (nSPS) is 10.3. The fraction of sp³-hybridized carbons (Fsp3) is 0.250. The Morgan fingerprint density at radius 1 is 1.39 bits per heavy atom. The third-order valence-electron chi connectivity index (χ3n) is 2.30. The minimum Gasteiger partial charge on any atom is -0.497 e. The minimum atomic E-state index is -0.994. The average molecular weight is 248 g/mol. The standard InChI is InChI=1S/C12H12N2O4/c1-17-9-4-2-3-8(5-9)6-10-13-14-11(18-10)7-12(15)16/h2-5H,6-7H2,1H3,(H,15,16). The molecule has 6 heteroatoms. The molecule has 0 aliphatic rings. The van der Waals surface area contributed by atoms with Crippen LogP contribution in [0.3, 0.4) is 0 Å². The molecule has 2 rings (SSSR count). The van der Waals surface area contributed by atoms with Crippen LogP contribution in [0.5, 0.6) is 5.75 Å². The summed E-state index contributed by atoms with van der Waals surface area (Å²) in [4.78, 5) is 10.5. The zero-order valence-electron chi connectivity index (χ0n) is 9.79. The molecule has 0 radical (unpaired) electrons. The van der Waals surface area contributed by atoms with Crippen molar-refractivity contribution in [1.29, 1.82) is 0 Å². The number of carbonyl (C=O) groups is 1. The van der Waals surface area contributed by atoms with Gasteiger partial charge >= 0.3 is 5.97 Å². The number of carboxylic acid groups (broad SMARTS) is 1. The van der Waals surface area contributed by atoms with Gasteiger partial charge in [-0.15, -0.1) is 10.2 Å². The first kappa shape index (κ1) is 12.1. The maximum atomic E-state index is 10.5. The lowest BCUT2D eigenvalue weighted by Gasteiger charge is -2.01. The first-order valence-corrected chi connectivity index (χ1v) is 5.33. The number of hydrogen-bond acceptors (Lipinski definition) is 5. The summed E-state index contributed by atoms with van der Waals surface area (Å²) in [6.07, 6.45) is 0.189. The van der Waals surface area contributed by atoms with Gasteiger partial charge in [-0.25, -0.2) is 0 Å². The molecule has 6 nitrogen and oxygen atoms in total. The Kier molecular flexibility index (Phi) is 3.57. The lowest BCUT2D eigenvalue weighted by atomic mass is 10.1. The zero-order valence-corrected chi connectivity index (χ0v) is 9.79. The van der Waals surface area contributed by atoms with E-state index in [1.807, 2.05) is 24.3 Å². The molecule has 1 aromatic carbocycles. The number of aliphatic carboxylic acids is 1. The van der Waals surface area contributed by atoms with Gasteiger partial charge < -0.3 is 14.3 Å². The molecule has 0 saturated carbocycles. The number of aromatic nitrogens is 2. The molecule has 94 valence electrons. The number of ether oxygens (including phenoxy) is 1. The van der Waals surface area contributed by atoms with E-state index in [-0.39, 0.29) is 12.3 Å². The molecule has 2 aromatic rings. The molecule has 0 unspecified atom stereocenters. The van der Waals surface area contributed by atoms with Gasteiger partial charge in [0.15, 0.2) is 0 Å². The van der Waals surface area contributed by atoms with Crippen molar-refractivity contribution in [2.45, 2.75) is 12.8 Å². The first-order valence-electron chi connectivity index (χ1n) is 5.33. The fourth-order valence-electron chi connectivity index (χ4n) is 1.52. The van der Waals surface area contributed by atoms with Crippen LogP contribution in [-0.2, 0) is 17.6 Å². The Bertz CT molecular complexity index is 551. The van der Waals surface area contributed by atoms with Crippen LogP contribution < -0.4 is 4.74 Å². The highest BCUT2D eigenvalue weighted by Gasteiger charge is 2.10. The van der Waals surface area contributed by atoms with Crippen LogP contribution in [0.15, 0.2) is 28.7 Å². The summed E-state index contributed by atoms with van der Waals surface area (Å²) in [5.74, 6) is 0.254. The molecule has 0 saturated heterocycles. The molecule has 1 heterocycles. The number of nitrogens with zero attached hydrogens (tertiary/aromatic N) is 2. The topological polar surface area (TPSA) is 85.5 Å². The van der Waals surface area contributed by atoms with Crippen molar-refractivity contribution in [1.82, 2.24) is 10.2 Å². The van der Waals surface area contributed by atoms with Gasteiger partial charge in [0.2, 0.25) is 11.8 Å². The van der Waals surface area contributed by atoms with Gasteiger partial charge in [0.25, 0.3) is 0 Å². The maximum absolute atomic E-state index is 10.5. The van der Waals surface area contributed by atoms with Crippen molar-refractivity contribution in [3.63, 3.8) is 0 Å². The third-order valence-corrected chi connectivity index (χ3v) is 2.30. The second kappa shape index (κ2) is 5.31. The predicted octanol–water partition coefficient (Wildman–Crippen LogP) is 1.30. The molecule has 1 aromatic heterocycles. The minimum absolute atomic E-state index is 0.111. The Balaban J connectivity index is 2.08. The highest BCUT2D eigenvalue weighted by molar-refractivity contribution is 5.68. The number of benzene rings is 1. The van der Waals surface area contributed by atoms with E-state index in [0.717, 1.165) is 11.3 Å². The molecule has 1 N–H and O–H groups in total. The molecule has 0 fully saturated rings. The molecule has 18 heavy (non-hydrogen) atoms. The van der Waals surface area contributed by atoms with E-state index in [0.29, 0.717) is 12.3 Å². The first-order chi connectivity index (χ1) is 8.67. The van der Waals surface area contributed by atoms with Gasteiger partial charge in [-0.1, -0.05) is 12.1 Å². The van der Waals surface area contributed by atoms with Gasteiger partial charge in [0.05, 0.1) is 13.5 Å². The SMILES string of the molecule is COc1cccc(Cc2nnc(CC(=O)O)o2)c1. The van der Waals surface area contributed by atoms with Crippen LogP contribution >= 0.6 is 0 Å². The largest absolute Gasteiger partial charge is 0.497 e. The second-order valence-electron chi connectivity index (χ2n) is 3.69. The molecule has 0 amide bonds. The fourth-order valence-corrected chi connectivity index (χ4v) is 1.52. The van der Waals surface area contributed by atoms with Crippen LogP contribution in [-0.4, -0.2) is 28.4 Å². The lowest BCUT2D eigenvalue weighted by Crippen LogP contribution is -1.99. The molecular formula is C12H12N2O4. The van der Waals surface area contributed by atoms with Crippen LogP contribution in [0, 0.1) is 0 Å². The van der Waals surface area contributed by atoms with Crippen LogP contribution in [0.4, 0.5) is 0 Å². The van der Waals surface area contributed by atoms with Crippen molar-refractivity contribution < 1.29 is 19.1 Å². The van der Waals surface area contributed by atoms with E-state index in [1.165, 1.54) is 0 Å². The lowest BCUT2D eigenvalue weighted by molar-refractivity contribution is -0.136. The second-order valence-corrected chi connectivity index (χ2v) is 3.69. The number of hydrogen-bond donors (Lipinski definition) is 1. The Morgan fingerprint density at radius 3 is 2.89 bits per heavy atom. The van der Waals surface area contributed by atoms with Gasteiger partial charge in [0, 0.05) is 0 Å². The Labute approximate surface area is 103 Å². The smallest absolute Gasteiger partial charge is 0.312 e. The number of carboxylic acids is 1. The van der Waals surface area contributed by atoms with E-state index < -0.39 is 5.97 Å². The van der Waals surface area contributed by atoms with Crippen molar-refractivity contribution in [2.75, 3.05) is 7.11 Å². The Hall–Kier alpha value is -2.37. The van der Waals surface area contributed by atoms with Gasteiger partial charge in [-0.05, 0) is 17.7 Å². The monoisotopic (exact) mass is 248 g/mol. The van der Waals surface area contributed by atoms with Gasteiger partial charge in [-0.2, -0.15) is 0 Å². The zero-order chi connectivity index (χ0) is 13.0. The van der Waals surface area contributed by atoms with E-state index in [4.69, 9.17) is 14.3 Å². The average Bonchev–Trinajstić information content (AvgIpc) is 2.76. The van der Waals surface area contributed by atoms with Crippen molar-refractivity contribution in [3.05, 3.63) is 41.6 Å². The third kappa shape index (κ3) is 3.07. The number of rotatable bonds is 5.